The van der Waals surface area contributed by atoms with E-state index in [1.165, 1.54) is 6.92 Å². The molecule has 1 aliphatic rings. The van der Waals surface area contributed by atoms with E-state index >= 15 is 0 Å². The van der Waals surface area contributed by atoms with E-state index in [1.807, 2.05) is 0 Å². The Morgan fingerprint density at radius 2 is 1.88 bits per heavy atom. The van der Waals surface area contributed by atoms with Crippen molar-refractivity contribution in [1.29, 1.82) is 0 Å². The molecule has 0 saturated carbocycles. The third-order valence-electron chi connectivity index (χ3n) is 2.39. The van der Waals surface area contributed by atoms with Crippen molar-refractivity contribution >= 4 is 5.91 Å². The molecule has 1 atom stereocenters. The van der Waals surface area contributed by atoms with Gasteiger partial charge in [-0.2, -0.15) is 22.0 Å². The van der Waals surface area contributed by atoms with Gasteiger partial charge in [-0.05, 0) is 6.92 Å². The molecule has 94 valence electrons. The fraction of sp³-hybridized carbons (Fsp3) is 0.875. The molecule has 0 spiro atoms. The van der Waals surface area contributed by atoms with Crippen LogP contribution in [0.15, 0.2) is 0 Å². The molecule has 0 aromatic carbocycles. The summed E-state index contributed by atoms with van der Waals surface area (Å²) >= 11 is 0. The van der Waals surface area contributed by atoms with E-state index in [0.29, 0.717) is 4.90 Å². The van der Waals surface area contributed by atoms with Gasteiger partial charge in [-0.3, -0.25) is 4.79 Å². The third kappa shape index (κ3) is 2.26. The van der Waals surface area contributed by atoms with Crippen LogP contribution >= 0.6 is 0 Å². The van der Waals surface area contributed by atoms with Crippen LogP contribution in [-0.4, -0.2) is 48.6 Å². The normalized spacial score (nSPS) is 23.4. The minimum absolute atomic E-state index is 0.147. The van der Waals surface area contributed by atoms with Gasteiger partial charge in [0.25, 0.3) is 0 Å². The lowest BCUT2D eigenvalue weighted by Gasteiger charge is -2.36. The summed E-state index contributed by atoms with van der Waals surface area (Å²) in [5, 5.41) is 2.79. The van der Waals surface area contributed by atoms with E-state index in [1.54, 1.807) is 0 Å². The molecule has 1 amide bonds. The Balaban J connectivity index is 2.84. The topological polar surface area (TPSA) is 32.3 Å². The largest absolute Gasteiger partial charge is 0.463 e. The Labute approximate surface area is 88.6 Å². The maximum absolute atomic E-state index is 12.7. The van der Waals surface area contributed by atoms with E-state index in [0.717, 1.165) is 0 Å². The summed E-state index contributed by atoms with van der Waals surface area (Å²) in [6, 6.07) is -0.672. The molecule has 8 heteroatoms. The van der Waals surface area contributed by atoms with Gasteiger partial charge in [0.15, 0.2) is 0 Å². The van der Waals surface area contributed by atoms with Crippen molar-refractivity contribution in [1.82, 2.24) is 10.2 Å². The molecule has 0 unspecified atom stereocenters. The quantitative estimate of drug-likeness (QED) is 0.700. The summed E-state index contributed by atoms with van der Waals surface area (Å²) in [5.74, 6) is -7.48. The maximum Gasteiger partial charge on any atom is 0.463 e. The maximum atomic E-state index is 12.7. The zero-order valence-corrected chi connectivity index (χ0v) is 8.44. The second-order valence-electron chi connectivity index (χ2n) is 3.62. The van der Waals surface area contributed by atoms with Crippen molar-refractivity contribution in [2.75, 3.05) is 19.6 Å². The number of nitrogens with one attached hydrogen (secondary N) is 1. The average molecular weight is 246 g/mol. The number of nitrogens with zero attached hydrogens (tertiary/aromatic N) is 1. The van der Waals surface area contributed by atoms with E-state index in [-0.39, 0.29) is 19.6 Å². The molecule has 0 bridgehead atoms. The number of piperazine rings is 1. The van der Waals surface area contributed by atoms with Crippen molar-refractivity contribution in [2.24, 2.45) is 0 Å². The van der Waals surface area contributed by atoms with Crippen molar-refractivity contribution in [2.45, 2.75) is 25.1 Å². The minimum Gasteiger partial charge on any atom is -0.332 e. The van der Waals surface area contributed by atoms with Gasteiger partial charge in [-0.25, -0.2) is 0 Å². The van der Waals surface area contributed by atoms with Crippen LogP contribution in [0.5, 0.6) is 0 Å². The number of carbonyl (C=O) groups excluding carboxylic acids is 1. The van der Waals surface area contributed by atoms with Gasteiger partial charge in [0.2, 0.25) is 0 Å². The molecule has 16 heavy (non-hydrogen) atoms. The highest BCUT2D eigenvalue weighted by molar-refractivity contribution is 5.84. The monoisotopic (exact) mass is 246 g/mol. The predicted molar refractivity (Wildman–Crippen MR) is 45.0 cm³/mol. The van der Waals surface area contributed by atoms with Gasteiger partial charge >= 0.3 is 18.0 Å². The number of rotatable bonds is 1. The lowest BCUT2D eigenvalue weighted by Crippen LogP contribution is -2.59. The van der Waals surface area contributed by atoms with Crippen LogP contribution in [0.25, 0.3) is 0 Å². The SMILES string of the molecule is C[C@@H]1CNCCN1C(=O)C(F)(F)C(F)(F)F. The first-order chi connectivity index (χ1) is 7.18. The lowest BCUT2D eigenvalue weighted by atomic mass is 10.1. The zero-order valence-electron chi connectivity index (χ0n) is 8.44. The number of amides is 1. The average Bonchev–Trinajstić information content (AvgIpc) is 2.15. The van der Waals surface area contributed by atoms with Crippen molar-refractivity contribution < 1.29 is 26.7 Å². The molecular weight excluding hydrogens is 235 g/mol. The van der Waals surface area contributed by atoms with Gasteiger partial charge in [-0.1, -0.05) is 0 Å². The van der Waals surface area contributed by atoms with Crippen LogP contribution in [0.1, 0.15) is 6.92 Å². The molecule has 1 N–H and O–H groups in total. The fourth-order valence-corrected chi connectivity index (χ4v) is 1.44. The third-order valence-corrected chi connectivity index (χ3v) is 2.39. The van der Waals surface area contributed by atoms with Crippen LogP contribution in [0.4, 0.5) is 22.0 Å². The summed E-state index contributed by atoms with van der Waals surface area (Å²) < 4.78 is 61.3. The minimum atomic E-state index is -5.84. The molecule has 1 fully saturated rings. The highest BCUT2D eigenvalue weighted by Crippen LogP contribution is 2.37. The zero-order chi connectivity index (χ0) is 12.6. The summed E-state index contributed by atoms with van der Waals surface area (Å²) in [4.78, 5) is 11.7. The first-order valence-electron chi connectivity index (χ1n) is 4.64. The van der Waals surface area contributed by atoms with E-state index in [9.17, 15) is 26.7 Å². The van der Waals surface area contributed by atoms with Gasteiger partial charge in [0.1, 0.15) is 0 Å². The molecule has 3 nitrogen and oxygen atoms in total. The highest BCUT2D eigenvalue weighted by atomic mass is 19.4. The Bertz CT molecular complexity index is 278. The first kappa shape index (κ1) is 13.1. The van der Waals surface area contributed by atoms with Crippen LogP contribution in [0.2, 0.25) is 0 Å². The Morgan fingerprint density at radius 1 is 1.31 bits per heavy atom. The van der Waals surface area contributed by atoms with Crippen molar-refractivity contribution in [3.63, 3.8) is 0 Å². The van der Waals surface area contributed by atoms with Gasteiger partial charge in [-0.15, -0.1) is 0 Å². The summed E-state index contributed by atoms with van der Waals surface area (Å²) in [5.41, 5.74) is 0. The molecule has 1 aliphatic heterocycles. The standard InChI is InChI=1S/C8H11F5N2O/c1-5-4-14-2-3-15(5)6(16)7(9,10)8(11,12)13/h5,14H,2-4H2,1H3/t5-/m1/s1. The van der Waals surface area contributed by atoms with E-state index < -0.39 is 24.0 Å². The van der Waals surface area contributed by atoms with Crippen LogP contribution < -0.4 is 5.32 Å². The molecule has 0 aliphatic carbocycles. The first-order valence-corrected chi connectivity index (χ1v) is 4.64. The van der Waals surface area contributed by atoms with Crippen LogP contribution in [-0.2, 0) is 4.79 Å². The predicted octanol–water partition coefficient (Wildman–Crippen LogP) is 1.00. The second-order valence-corrected chi connectivity index (χ2v) is 3.62. The molecule has 0 aromatic rings. The second kappa shape index (κ2) is 4.15. The number of hydrogen-bond acceptors (Lipinski definition) is 2. The Kier molecular flexibility index (Phi) is 3.41. The molecule has 1 saturated heterocycles. The summed E-state index contributed by atoms with van der Waals surface area (Å²) in [6.07, 6.45) is -5.84. The van der Waals surface area contributed by atoms with Crippen LogP contribution in [0, 0.1) is 0 Å². The summed E-state index contributed by atoms with van der Waals surface area (Å²) in [6.45, 7) is 1.69. The van der Waals surface area contributed by atoms with Crippen molar-refractivity contribution in [3.8, 4) is 0 Å². The molecule has 1 heterocycles. The van der Waals surface area contributed by atoms with E-state index in [4.69, 9.17) is 0 Å². The molecule has 1 rings (SSSR count). The number of hydrogen-bond donors (Lipinski definition) is 1. The van der Waals surface area contributed by atoms with Crippen molar-refractivity contribution in [3.05, 3.63) is 0 Å². The van der Waals surface area contributed by atoms with Gasteiger partial charge < -0.3 is 10.2 Å². The number of alkyl halides is 5. The lowest BCUT2D eigenvalue weighted by molar-refractivity contribution is -0.275. The fourth-order valence-electron chi connectivity index (χ4n) is 1.44. The highest BCUT2D eigenvalue weighted by Gasteiger charge is 2.65. The molecular formula is C8H11F5N2O. The van der Waals surface area contributed by atoms with Gasteiger partial charge in [0.05, 0.1) is 0 Å². The number of carbonyl (C=O) groups is 1. The van der Waals surface area contributed by atoms with Gasteiger partial charge in [0, 0.05) is 25.7 Å². The van der Waals surface area contributed by atoms with E-state index in [2.05, 4.69) is 5.32 Å². The smallest absolute Gasteiger partial charge is 0.332 e. The summed E-state index contributed by atoms with van der Waals surface area (Å²) in [7, 11) is 0. The molecule has 0 radical (unpaired) electrons. The Morgan fingerprint density at radius 3 is 2.31 bits per heavy atom. The number of halogens is 5. The van der Waals surface area contributed by atoms with Crippen LogP contribution in [0.3, 0.4) is 0 Å². The molecule has 0 aromatic heterocycles. The Hall–Kier alpha value is -0.920.